The summed E-state index contributed by atoms with van der Waals surface area (Å²) in [6, 6.07) is 15.5. The topological polar surface area (TPSA) is 72.3 Å². The van der Waals surface area contributed by atoms with Crippen molar-refractivity contribution >= 4 is 17.3 Å². The van der Waals surface area contributed by atoms with E-state index in [4.69, 9.17) is 11.5 Å². The number of carbonyl (C=O) groups excluding carboxylic acids is 1. The second kappa shape index (κ2) is 6.31. The third-order valence-electron chi connectivity index (χ3n) is 3.50. The molecule has 21 heavy (non-hydrogen) atoms. The fourth-order valence-corrected chi connectivity index (χ4v) is 2.25. The fraction of sp³-hybridized carbons (Fsp3) is 0.235. The van der Waals surface area contributed by atoms with Gasteiger partial charge >= 0.3 is 0 Å². The zero-order chi connectivity index (χ0) is 15.4. The molecule has 4 nitrogen and oxygen atoms in total. The van der Waals surface area contributed by atoms with Crippen LogP contribution in [0.15, 0.2) is 48.5 Å². The summed E-state index contributed by atoms with van der Waals surface area (Å²) in [5, 5.41) is 0. The Morgan fingerprint density at radius 2 is 1.71 bits per heavy atom. The number of rotatable bonds is 5. The Labute approximate surface area is 125 Å². The molecule has 0 radical (unpaired) electrons. The summed E-state index contributed by atoms with van der Waals surface area (Å²) in [6.45, 7) is 4.97. The van der Waals surface area contributed by atoms with Gasteiger partial charge in [-0.25, -0.2) is 0 Å². The first-order valence-corrected chi connectivity index (χ1v) is 6.99. The first-order valence-electron chi connectivity index (χ1n) is 6.99. The molecular formula is C17H21N3O. The van der Waals surface area contributed by atoms with Gasteiger partial charge in [0.1, 0.15) is 0 Å². The molecule has 0 saturated heterocycles. The van der Waals surface area contributed by atoms with Crippen LogP contribution in [0.4, 0.5) is 11.4 Å². The number of hydrogen-bond acceptors (Lipinski definition) is 3. The molecular weight excluding hydrogens is 262 g/mol. The maximum absolute atomic E-state index is 11.1. The maximum atomic E-state index is 11.1. The lowest BCUT2D eigenvalue weighted by molar-refractivity contribution is 0.100. The maximum Gasteiger partial charge on any atom is 0.248 e. The first-order chi connectivity index (χ1) is 9.99. The quantitative estimate of drug-likeness (QED) is 0.829. The molecule has 2 aromatic rings. The highest BCUT2D eigenvalue weighted by atomic mass is 16.1. The van der Waals surface area contributed by atoms with Crippen molar-refractivity contribution in [2.24, 2.45) is 5.73 Å². The largest absolute Gasteiger partial charge is 0.398 e. The zero-order valence-corrected chi connectivity index (χ0v) is 12.4. The molecule has 0 aliphatic rings. The van der Waals surface area contributed by atoms with E-state index >= 15 is 0 Å². The van der Waals surface area contributed by atoms with E-state index in [0.717, 1.165) is 23.5 Å². The summed E-state index contributed by atoms with van der Waals surface area (Å²) >= 11 is 0. The minimum absolute atomic E-state index is 0.309. The smallest absolute Gasteiger partial charge is 0.248 e. The summed E-state index contributed by atoms with van der Waals surface area (Å²) in [5.74, 6) is -0.412. The van der Waals surface area contributed by atoms with E-state index < -0.39 is 5.91 Å². The van der Waals surface area contributed by atoms with Crippen LogP contribution in [0.2, 0.25) is 0 Å². The number of para-hydroxylation sites is 1. The van der Waals surface area contributed by atoms with Crippen LogP contribution >= 0.6 is 0 Å². The van der Waals surface area contributed by atoms with E-state index in [2.05, 4.69) is 18.7 Å². The molecule has 2 aromatic carbocycles. The van der Waals surface area contributed by atoms with Gasteiger partial charge in [0.15, 0.2) is 0 Å². The van der Waals surface area contributed by atoms with Crippen molar-refractivity contribution in [3.05, 3.63) is 59.7 Å². The number of carbonyl (C=O) groups is 1. The highest BCUT2D eigenvalue weighted by Crippen LogP contribution is 2.23. The number of amides is 1. The molecule has 0 saturated carbocycles. The van der Waals surface area contributed by atoms with Gasteiger partial charge in [0.25, 0.3) is 0 Å². The monoisotopic (exact) mass is 283 g/mol. The Morgan fingerprint density at radius 1 is 1.10 bits per heavy atom. The fourth-order valence-electron chi connectivity index (χ4n) is 2.25. The van der Waals surface area contributed by atoms with Gasteiger partial charge in [0.05, 0.1) is 0 Å². The van der Waals surface area contributed by atoms with Crippen LogP contribution in [0.3, 0.4) is 0 Å². The van der Waals surface area contributed by atoms with Gasteiger partial charge in [-0.3, -0.25) is 4.79 Å². The zero-order valence-electron chi connectivity index (χ0n) is 12.4. The number of hydrogen-bond donors (Lipinski definition) is 2. The lowest BCUT2D eigenvalue weighted by atomic mass is 10.1. The van der Waals surface area contributed by atoms with Crippen LogP contribution in [0.5, 0.6) is 0 Å². The third kappa shape index (κ3) is 3.54. The van der Waals surface area contributed by atoms with E-state index in [1.165, 1.54) is 0 Å². The molecule has 1 amide bonds. The molecule has 2 rings (SSSR count). The molecule has 0 spiro atoms. The molecule has 4 N–H and O–H groups in total. The summed E-state index contributed by atoms with van der Waals surface area (Å²) < 4.78 is 0. The Hall–Kier alpha value is -2.49. The van der Waals surface area contributed by atoms with E-state index in [9.17, 15) is 4.79 Å². The van der Waals surface area contributed by atoms with E-state index in [0.29, 0.717) is 11.6 Å². The number of benzene rings is 2. The Bertz CT molecular complexity index is 620. The number of nitrogens with zero attached hydrogens (tertiary/aromatic N) is 1. The summed E-state index contributed by atoms with van der Waals surface area (Å²) in [6.07, 6.45) is 0. The predicted molar refractivity (Wildman–Crippen MR) is 87.1 cm³/mol. The van der Waals surface area contributed by atoms with Crippen LogP contribution in [-0.2, 0) is 6.54 Å². The van der Waals surface area contributed by atoms with Crippen molar-refractivity contribution in [2.45, 2.75) is 26.4 Å². The Balaban J connectivity index is 2.27. The Kier molecular flexibility index (Phi) is 4.48. The number of primary amides is 1. The highest BCUT2D eigenvalue weighted by molar-refractivity contribution is 5.93. The molecule has 4 heteroatoms. The van der Waals surface area contributed by atoms with E-state index in [1.54, 1.807) is 12.1 Å². The van der Waals surface area contributed by atoms with E-state index in [1.807, 2.05) is 36.4 Å². The number of nitrogens with two attached hydrogens (primary N) is 2. The molecule has 0 heterocycles. The molecule has 110 valence electrons. The molecule has 0 aliphatic carbocycles. The van der Waals surface area contributed by atoms with Gasteiger partial charge in [0, 0.05) is 29.5 Å². The van der Waals surface area contributed by atoms with Crippen LogP contribution in [-0.4, -0.2) is 11.9 Å². The van der Waals surface area contributed by atoms with Gasteiger partial charge in [0.2, 0.25) is 5.91 Å². The first kappa shape index (κ1) is 14.9. The molecule has 0 bridgehead atoms. The SMILES string of the molecule is CC(C)N(Cc1ccccc1N)c1ccc(C(N)=O)cc1. The van der Waals surface area contributed by atoms with Crippen molar-refractivity contribution < 1.29 is 4.79 Å². The van der Waals surface area contributed by atoms with Crippen molar-refractivity contribution in [1.82, 2.24) is 0 Å². The second-order valence-electron chi connectivity index (χ2n) is 5.33. The minimum Gasteiger partial charge on any atom is -0.398 e. The minimum atomic E-state index is -0.412. The molecule has 0 aliphatic heterocycles. The lowest BCUT2D eigenvalue weighted by Gasteiger charge is -2.29. The van der Waals surface area contributed by atoms with Gasteiger partial charge < -0.3 is 16.4 Å². The molecule has 0 atom stereocenters. The van der Waals surface area contributed by atoms with Crippen LogP contribution in [0.25, 0.3) is 0 Å². The normalized spacial score (nSPS) is 10.6. The predicted octanol–water partition coefficient (Wildman–Crippen LogP) is 2.78. The summed E-state index contributed by atoms with van der Waals surface area (Å²) in [7, 11) is 0. The average molecular weight is 283 g/mol. The van der Waals surface area contributed by atoms with E-state index in [-0.39, 0.29) is 0 Å². The second-order valence-corrected chi connectivity index (χ2v) is 5.33. The standard InChI is InChI=1S/C17H21N3O/c1-12(2)20(11-14-5-3-4-6-16(14)18)15-9-7-13(8-10-15)17(19)21/h3-10,12H,11,18H2,1-2H3,(H2,19,21). The van der Waals surface area contributed by atoms with Gasteiger partial charge in [-0.1, -0.05) is 18.2 Å². The lowest BCUT2D eigenvalue weighted by Crippen LogP contribution is -2.30. The van der Waals surface area contributed by atoms with Crippen molar-refractivity contribution in [1.29, 1.82) is 0 Å². The highest BCUT2D eigenvalue weighted by Gasteiger charge is 2.13. The number of nitrogen functional groups attached to an aromatic ring is 1. The van der Waals surface area contributed by atoms with Crippen molar-refractivity contribution in [2.75, 3.05) is 10.6 Å². The van der Waals surface area contributed by atoms with Gasteiger partial charge in [-0.15, -0.1) is 0 Å². The van der Waals surface area contributed by atoms with Gasteiger partial charge in [-0.05, 0) is 49.7 Å². The van der Waals surface area contributed by atoms with Crippen molar-refractivity contribution in [3.8, 4) is 0 Å². The summed E-state index contributed by atoms with van der Waals surface area (Å²) in [4.78, 5) is 13.4. The molecule has 0 aromatic heterocycles. The number of anilines is 2. The van der Waals surface area contributed by atoms with Crippen LogP contribution < -0.4 is 16.4 Å². The van der Waals surface area contributed by atoms with Crippen LogP contribution in [0.1, 0.15) is 29.8 Å². The molecule has 0 fully saturated rings. The van der Waals surface area contributed by atoms with Gasteiger partial charge in [-0.2, -0.15) is 0 Å². The van der Waals surface area contributed by atoms with Crippen LogP contribution in [0, 0.1) is 0 Å². The molecule has 0 unspecified atom stereocenters. The summed E-state index contributed by atoms with van der Waals surface area (Å²) in [5.41, 5.74) is 14.7. The van der Waals surface area contributed by atoms with Crippen molar-refractivity contribution in [3.63, 3.8) is 0 Å². The third-order valence-corrected chi connectivity index (χ3v) is 3.50. The Morgan fingerprint density at radius 3 is 2.24 bits per heavy atom. The average Bonchev–Trinajstić information content (AvgIpc) is 2.46.